The highest BCUT2D eigenvalue weighted by molar-refractivity contribution is 6.29. The van der Waals surface area contributed by atoms with Gasteiger partial charge in [-0.2, -0.15) is 5.10 Å². The van der Waals surface area contributed by atoms with E-state index in [-0.39, 0.29) is 22.9 Å². The number of hydrogen-bond acceptors (Lipinski definition) is 4. The van der Waals surface area contributed by atoms with Crippen molar-refractivity contribution in [1.82, 2.24) is 10.2 Å². The fraction of sp³-hybridized carbons (Fsp3) is 0.0833. The van der Waals surface area contributed by atoms with E-state index >= 15 is 0 Å². The summed E-state index contributed by atoms with van der Waals surface area (Å²) in [7, 11) is 0. The number of hydrogen-bond donors (Lipinski definition) is 1. The molecule has 6 heteroatoms. The molecule has 2 rings (SSSR count). The van der Waals surface area contributed by atoms with Gasteiger partial charge >= 0.3 is 5.97 Å². The van der Waals surface area contributed by atoms with E-state index in [1.807, 2.05) is 0 Å². The number of aromatic nitrogens is 2. The Bertz CT molecular complexity index is 678. The van der Waals surface area contributed by atoms with Crippen LogP contribution in [0.3, 0.4) is 0 Å². The predicted molar refractivity (Wildman–Crippen MR) is 67.6 cm³/mol. The lowest BCUT2D eigenvalue weighted by molar-refractivity contribution is 0.0540. The van der Waals surface area contributed by atoms with Gasteiger partial charge in [-0.05, 0) is 6.07 Å². The van der Waals surface area contributed by atoms with Crippen LogP contribution < -0.4 is 5.56 Å². The molecule has 18 heavy (non-hydrogen) atoms. The van der Waals surface area contributed by atoms with E-state index in [1.54, 1.807) is 24.3 Å². The van der Waals surface area contributed by atoms with Gasteiger partial charge in [0.2, 0.25) is 0 Å². The quantitative estimate of drug-likeness (QED) is 0.859. The molecule has 0 aliphatic carbocycles. The molecular formula is C12H9ClN2O3. The first-order chi connectivity index (χ1) is 8.59. The van der Waals surface area contributed by atoms with Crippen LogP contribution in [-0.4, -0.2) is 22.8 Å². The molecule has 5 nitrogen and oxygen atoms in total. The molecule has 92 valence electrons. The van der Waals surface area contributed by atoms with E-state index < -0.39 is 5.97 Å². The highest BCUT2D eigenvalue weighted by atomic mass is 35.5. The minimum atomic E-state index is -0.663. The Labute approximate surface area is 107 Å². The fourth-order valence-corrected chi connectivity index (χ4v) is 1.54. The molecule has 0 fully saturated rings. The van der Waals surface area contributed by atoms with Crippen molar-refractivity contribution in [1.29, 1.82) is 0 Å². The molecule has 1 heterocycles. The Hall–Kier alpha value is -2.14. The topological polar surface area (TPSA) is 72.0 Å². The van der Waals surface area contributed by atoms with Gasteiger partial charge in [-0.1, -0.05) is 36.4 Å². The standard InChI is InChI=1S/C12H9ClN2O3/c1-7(13)6-18-12(17)10-8-4-2-3-5-9(8)11(16)15-14-10/h2-5H,1,6H2,(H,15,16). The summed E-state index contributed by atoms with van der Waals surface area (Å²) in [5.74, 6) is -0.663. The van der Waals surface area contributed by atoms with Gasteiger partial charge in [0.1, 0.15) is 6.61 Å². The SMILES string of the molecule is C=C(Cl)COC(=O)c1n[nH]c(=O)c2ccccc12. The molecule has 1 aromatic heterocycles. The first kappa shape index (κ1) is 12.3. The highest BCUT2D eigenvalue weighted by Crippen LogP contribution is 2.13. The van der Waals surface area contributed by atoms with Crippen LogP contribution in [0, 0.1) is 0 Å². The average Bonchev–Trinajstić information content (AvgIpc) is 2.37. The van der Waals surface area contributed by atoms with Gasteiger partial charge in [-0.3, -0.25) is 4.79 Å². The molecule has 0 bridgehead atoms. The molecule has 1 aromatic carbocycles. The smallest absolute Gasteiger partial charge is 0.359 e. The van der Waals surface area contributed by atoms with Crippen LogP contribution in [0.15, 0.2) is 40.7 Å². The van der Waals surface area contributed by atoms with E-state index in [0.29, 0.717) is 10.8 Å². The number of H-pyrrole nitrogens is 1. The van der Waals surface area contributed by atoms with Crippen molar-refractivity contribution in [3.8, 4) is 0 Å². The third-order valence-corrected chi connectivity index (χ3v) is 2.36. The number of rotatable bonds is 3. The molecule has 2 aromatic rings. The van der Waals surface area contributed by atoms with Crippen molar-refractivity contribution in [2.24, 2.45) is 0 Å². The van der Waals surface area contributed by atoms with Crippen LogP contribution in [0.25, 0.3) is 10.8 Å². The molecule has 0 radical (unpaired) electrons. The zero-order valence-corrected chi connectivity index (χ0v) is 10.0. The van der Waals surface area contributed by atoms with Crippen molar-refractivity contribution in [2.75, 3.05) is 6.61 Å². The Morgan fingerprint density at radius 2 is 2.06 bits per heavy atom. The van der Waals surface area contributed by atoms with Gasteiger partial charge in [0.25, 0.3) is 5.56 Å². The van der Waals surface area contributed by atoms with Crippen LogP contribution >= 0.6 is 11.6 Å². The number of halogens is 1. The van der Waals surface area contributed by atoms with Gasteiger partial charge in [0.15, 0.2) is 5.69 Å². The van der Waals surface area contributed by atoms with Crippen LogP contribution in [-0.2, 0) is 4.74 Å². The van der Waals surface area contributed by atoms with Crippen molar-refractivity contribution in [3.05, 3.63) is 51.9 Å². The zero-order chi connectivity index (χ0) is 13.1. The number of ether oxygens (including phenoxy) is 1. The van der Waals surface area contributed by atoms with Crippen molar-refractivity contribution in [3.63, 3.8) is 0 Å². The summed E-state index contributed by atoms with van der Waals surface area (Å²) in [6.45, 7) is 3.31. The number of carbonyl (C=O) groups is 1. The van der Waals surface area contributed by atoms with E-state index in [4.69, 9.17) is 16.3 Å². The van der Waals surface area contributed by atoms with Gasteiger partial charge in [-0.25, -0.2) is 9.89 Å². The molecule has 0 amide bonds. The van der Waals surface area contributed by atoms with Gasteiger partial charge in [0, 0.05) is 10.4 Å². The number of esters is 1. The van der Waals surface area contributed by atoms with Crippen molar-refractivity contribution < 1.29 is 9.53 Å². The highest BCUT2D eigenvalue weighted by Gasteiger charge is 2.15. The summed E-state index contributed by atoms with van der Waals surface area (Å²) in [4.78, 5) is 23.3. The van der Waals surface area contributed by atoms with Crippen LogP contribution in [0.4, 0.5) is 0 Å². The van der Waals surface area contributed by atoms with E-state index in [1.165, 1.54) is 0 Å². The number of aromatic amines is 1. The second-order valence-corrected chi connectivity index (χ2v) is 4.07. The number of benzene rings is 1. The van der Waals surface area contributed by atoms with E-state index in [0.717, 1.165) is 0 Å². The average molecular weight is 265 g/mol. The van der Waals surface area contributed by atoms with Gasteiger partial charge in [-0.15, -0.1) is 0 Å². The molecule has 0 saturated carbocycles. The molecule has 0 spiro atoms. The molecular weight excluding hydrogens is 256 g/mol. The Kier molecular flexibility index (Phi) is 3.43. The minimum Gasteiger partial charge on any atom is -0.455 e. The maximum Gasteiger partial charge on any atom is 0.359 e. The normalized spacial score (nSPS) is 10.3. The van der Waals surface area contributed by atoms with Crippen LogP contribution in [0.1, 0.15) is 10.5 Å². The first-order valence-electron chi connectivity index (χ1n) is 5.07. The summed E-state index contributed by atoms with van der Waals surface area (Å²) < 4.78 is 4.88. The Morgan fingerprint density at radius 1 is 1.39 bits per heavy atom. The second-order valence-electron chi connectivity index (χ2n) is 3.54. The third kappa shape index (κ3) is 2.41. The maximum absolute atomic E-state index is 11.8. The predicted octanol–water partition coefficient (Wildman–Crippen LogP) is 1.83. The zero-order valence-electron chi connectivity index (χ0n) is 9.27. The number of fused-ring (bicyclic) bond motifs is 1. The summed E-state index contributed by atoms with van der Waals surface area (Å²) >= 11 is 5.50. The summed E-state index contributed by atoms with van der Waals surface area (Å²) in [5, 5.41) is 6.97. The lowest BCUT2D eigenvalue weighted by Gasteiger charge is -2.04. The van der Waals surface area contributed by atoms with Gasteiger partial charge in [0.05, 0.1) is 5.39 Å². The molecule has 0 unspecified atom stereocenters. The first-order valence-corrected chi connectivity index (χ1v) is 5.45. The lowest BCUT2D eigenvalue weighted by atomic mass is 10.1. The lowest BCUT2D eigenvalue weighted by Crippen LogP contribution is -2.16. The van der Waals surface area contributed by atoms with Crippen LogP contribution in [0.2, 0.25) is 0 Å². The summed E-state index contributed by atoms with van der Waals surface area (Å²) in [5.41, 5.74) is -0.313. The molecule has 0 aliphatic heterocycles. The molecule has 0 saturated heterocycles. The monoisotopic (exact) mass is 264 g/mol. The van der Waals surface area contributed by atoms with E-state index in [2.05, 4.69) is 16.8 Å². The van der Waals surface area contributed by atoms with E-state index in [9.17, 15) is 9.59 Å². The summed E-state index contributed by atoms with van der Waals surface area (Å²) in [6, 6.07) is 6.64. The molecule has 0 atom stereocenters. The summed E-state index contributed by atoms with van der Waals surface area (Å²) in [6.07, 6.45) is 0. The molecule has 0 aliphatic rings. The van der Waals surface area contributed by atoms with Crippen LogP contribution in [0.5, 0.6) is 0 Å². The Morgan fingerprint density at radius 3 is 2.72 bits per heavy atom. The Balaban J connectivity index is 2.45. The largest absolute Gasteiger partial charge is 0.455 e. The fourth-order valence-electron chi connectivity index (χ4n) is 1.48. The van der Waals surface area contributed by atoms with Crippen molar-refractivity contribution >= 4 is 28.3 Å². The molecule has 1 N–H and O–H groups in total. The third-order valence-electron chi connectivity index (χ3n) is 2.25. The maximum atomic E-state index is 11.8. The number of nitrogens with one attached hydrogen (secondary N) is 1. The number of nitrogens with zero attached hydrogens (tertiary/aromatic N) is 1. The van der Waals surface area contributed by atoms with Crippen molar-refractivity contribution in [2.45, 2.75) is 0 Å². The number of carbonyl (C=O) groups excluding carboxylic acids is 1. The van der Waals surface area contributed by atoms with Gasteiger partial charge < -0.3 is 4.74 Å². The second kappa shape index (κ2) is 5.01. The minimum absolute atomic E-state index is 0.0446.